The van der Waals surface area contributed by atoms with Crippen molar-refractivity contribution in [3.8, 4) is 11.1 Å². The van der Waals surface area contributed by atoms with E-state index in [4.69, 9.17) is 0 Å². The number of nitrogens with one attached hydrogen (secondary N) is 1. The van der Waals surface area contributed by atoms with Gasteiger partial charge >= 0.3 is 0 Å². The number of pyridine rings is 1. The third-order valence-electron chi connectivity index (χ3n) is 3.99. The van der Waals surface area contributed by atoms with Gasteiger partial charge in [-0.2, -0.15) is 0 Å². The predicted octanol–water partition coefficient (Wildman–Crippen LogP) is 0.956. The molecule has 0 spiro atoms. The van der Waals surface area contributed by atoms with Gasteiger partial charge in [0.05, 0.1) is 5.56 Å². The van der Waals surface area contributed by atoms with E-state index in [-0.39, 0.29) is 11.5 Å². The Bertz CT molecular complexity index is 762. The number of amides is 2. The molecule has 6 heteroatoms. The Morgan fingerprint density at radius 1 is 1.09 bits per heavy atom. The van der Waals surface area contributed by atoms with E-state index in [2.05, 4.69) is 4.98 Å². The molecule has 0 radical (unpaired) electrons. The van der Waals surface area contributed by atoms with Gasteiger partial charge in [-0.1, -0.05) is 30.3 Å². The molecular weight excluding hydrogens is 294 g/mol. The van der Waals surface area contributed by atoms with Gasteiger partial charge in [0.25, 0.3) is 11.5 Å². The maximum atomic E-state index is 12.6. The number of hydrogen-bond acceptors (Lipinski definition) is 3. The van der Waals surface area contributed by atoms with Gasteiger partial charge in [0, 0.05) is 37.9 Å². The van der Waals surface area contributed by atoms with Crippen LogP contribution in [0.4, 0.5) is 0 Å². The van der Waals surface area contributed by atoms with E-state index >= 15 is 0 Å². The first-order valence-electron chi connectivity index (χ1n) is 7.46. The maximum Gasteiger partial charge on any atom is 0.255 e. The molecule has 118 valence electrons. The fourth-order valence-electron chi connectivity index (χ4n) is 2.65. The quantitative estimate of drug-likeness (QED) is 0.858. The number of aromatic amines is 1. The van der Waals surface area contributed by atoms with Crippen LogP contribution in [0.5, 0.6) is 0 Å². The van der Waals surface area contributed by atoms with Crippen LogP contribution in [0.3, 0.4) is 0 Å². The molecular formula is C17H17N3O3. The molecule has 6 nitrogen and oxygen atoms in total. The zero-order chi connectivity index (χ0) is 16.2. The van der Waals surface area contributed by atoms with Crippen molar-refractivity contribution >= 4 is 12.3 Å². The highest BCUT2D eigenvalue weighted by atomic mass is 16.2. The lowest BCUT2D eigenvalue weighted by Crippen LogP contribution is -2.48. The molecule has 1 aromatic carbocycles. The van der Waals surface area contributed by atoms with Crippen molar-refractivity contribution in [1.82, 2.24) is 14.8 Å². The maximum absolute atomic E-state index is 12.6. The molecule has 23 heavy (non-hydrogen) atoms. The summed E-state index contributed by atoms with van der Waals surface area (Å²) in [5.41, 5.74) is 1.47. The highest BCUT2D eigenvalue weighted by molar-refractivity contribution is 5.95. The molecule has 0 saturated carbocycles. The largest absolute Gasteiger partial charge is 0.342 e. The predicted molar refractivity (Wildman–Crippen MR) is 86.0 cm³/mol. The highest BCUT2D eigenvalue weighted by Gasteiger charge is 2.22. The Labute approximate surface area is 133 Å². The van der Waals surface area contributed by atoms with Crippen LogP contribution in [0.15, 0.2) is 47.4 Å². The van der Waals surface area contributed by atoms with E-state index in [1.165, 1.54) is 6.20 Å². The second kappa shape index (κ2) is 6.48. The first-order chi connectivity index (χ1) is 11.2. The van der Waals surface area contributed by atoms with E-state index in [0.717, 1.165) is 12.0 Å². The van der Waals surface area contributed by atoms with Crippen molar-refractivity contribution in [1.29, 1.82) is 0 Å². The molecule has 3 rings (SSSR count). The summed E-state index contributed by atoms with van der Waals surface area (Å²) >= 11 is 0. The molecule has 2 aromatic rings. The number of carbonyl (C=O) groups excluding carboxylic acids is 2. The molecule has 0 unspecified atom stereocenters. The second-order valence-electron chi connectivity index (χ2n) is 5.43. The van der Waals surface area contributed by atoms with Crippen LogP contribution in [0.2, 0.25) is 0 Å². The molecule has 1 aliphatic heterocycles. The highest BCUT2D eigenvalue weighted by Crippen LogP contribution is 2.16. The Morgan fingerprint density at radius 3 is 2.43 bits per heavy atom. The molecule has 2 heterocycles. The fraction of sp³-hybridized carbons (Fsp3) is 0.235. The zero-order valence-corrected chi connectivity index (χ0v) is 12.6. The van der Waals surface area contributed by atoms with Crippen molar-refractivity contribution in [2.24, 2.45) is 0 Å². The first-order valence-corrected chi connectivity index (χ1v) is 7.46. The normalized spacial score (nSPS) is 14.6. The van der Waals surface area contributed by atoms with Gasteiger partial charge in [-0.3, -0.25) is 14.4 Å². The monoisotopic (exact) mass is 311 g/mol. The number of benzene rings is 1. The van der Waals surface area contributed by atoms with Crippen LogP contribution in [-0.4, -0.2) is 53.3 Å². The first kappa shape index (κ1) is 15.0. The van der Waals surface area contributed by atoms with E-state index in [1.807, 2.05) is 30.3 Å². The van der Waals surface area contributed by atoms with Crippen LogP contribution >= 0.6 is 0 Å². The molecule has 1 N–H and O–H groups in total. The lowest BCUT2D eigenvalue weighted by molar-refractivity contribution is -0.119. The third kappa shape index (κ3) is 3.15. The van der Waals surface area contributed by atoms with Crippen molar-refractivity contribution in [3.05, 3.63) is 58.5 Å². The molecule has 1 aromatic heterocycles. The molecule has 1 fully saturated rings. The van der Waals surface area contributed by atoms with Crippen molar-refractivity contribution in [2.75, 3.05) is 26.2 Å². The minimum absolute atomic E-state index is 0.135. The lowest BCUT2D eigenvalue weighted by atomic mass is 10.1. The van der Waals surface area contributed by atoms with E-state index in [0.29, 0.717) is 37.3 Å². The molecule has 1 aliphatic rings. The van der Waals surface area contributed by atoms with Gasteiger partial charge in [0.15, 0.2) is 0 Å². The van der Waals surface area contributed by atoms with E-state index in [9.17, 15) is 14.4 Å². The minimum Gasteiger partial charge on any atom is -0.342 e. The summed E-state index contributed by atoms with van der Waals surface area (Å²) in [6.07, 6.45) is 2.25. The van der Waals surface area contributed by atoms with Crippen LogP contribution in [-0.2, 0) is 4.79 Å². The number of piperazine rings is 1. The van der Waals surface area contributed by atoms with Crippen molar-refractivity contribution in [2.45, 2.75) is 0 Å². The Kier molecular flexibility index (Phi) is 4.23. The average molecular weight is 311 g/mol. The molecule has 0 atom stereocenters. The summed E-state index contributed by atoms with van der Waals surface area (Å²) in [7, 11) is 0. The number of carbonyl (C=O) groups is 2. The molecule has 0 aliphatic carbocycles. The Hall–Kier alpha value is -2.89. The molecule has 2 amide bonds. The summed E-state index contributed by atoms with van der Waals surface area (Å²) in [4.78, 5) is 41.3. The summed E-state index contributed by atoms with van der Waals surface area (Å²) in [6.45, 7) is 2.06. The van der Waals surface area contributed by atoms with E-state index < -0.39 is 0 Å². The summed E-state index contributed by atoms with van der Waals surface area (Å²) in [5.74, 6) is -0.135. The summed E-state index contributed by atoms with van der Waals surface area (Å²) in [5, 5.41) is 0. The van der Waals surface area contributed by atoms with Crippen molar-refractivity contribution in [3.63, 3.8) is 0 Å². The van der Waals surface area contributed by atoms with Gasteiger partial charge in [0.1, 0.15) is 0 Å². The average Bonchev–Trinajstić information content (AvgIpc) is 2.62. The summed E-state index contributed by atoms with van der Waals surface area (Å²) < 4.78 is 0. The fourth-order valence-corrected chi connectivity index (χ4v) is 2.65. The van der Waals surface area contributed by atoms with Gasteiger partial charge in [-0.25, -0.2) is 0 Å². The van der Waals surface area contributed by atoms with Crippen LogP contribution < -0.4 is 5.56 Å². The number of nitrogens with zero attached hydrogens (tertiary/aromatic N) is 2. The smallest absolute Gasteiger partial charge is 0.255 e. The number of aromatic nitrogens is 1. The second-order valence-corrected chi connectivity index (χ2v) is 5.43. The number of H-pyrrole nitrogens is 1. The van der Waals surface area contributed by atoms with Crippen LogP contribution in [0, 0.1) is 0 Å². The Morgan fingerprint density at radius 2 is 1.78 bits per heavy atom. The zero-order valence-electron chi connectivity index (χ0n) is 12.6. The topological polar surface area (TPSA) is 73.5 Å². The number of rotatable bonds is 3. The lowest BCUT2D eigenvalue weighted by Gasteiger charge is -2.32. The summed E-state index contributed by atoms with van der Waals surface area (Å²) in [6, 6.07) is 10.9. The minimum atomic E-state index is -0.224. The van der Waals surface area contributed by atoms with Gasteiger partial charge in [-0.05, 0) is 11.6 Å². The van der Waals surface area contributed by atoms with Gasteiger partial charge in [0.2, 0.25) is 6.41 Å². The molecule has 0 bridgehead atoms. The standard InChI is InChI=1S/C17H17N3O3/c21-12-19-6-8-20(9-7-19)17(23)14-10-15(16(22)18-11-14)13-4-2-1-3-5-13/h1-5,10-12H,6-9H2,(H,18,22). The van der Waals surface area contributed by atoms with Gasteiger partial charge in [-0.15, -0.1) is 0 Å². The van der Waals surface area contributed by atoms with Crippen LogP contribution in [0.25, 0.3) is 11.1 Å². The Balaban J connectivity index is 1.85. The third-order valence-corrected chi connectivity index (χ3v) is 3.99. The van der Waals surface area contributed by atoms with Gasteiger partial charge < -0.3 is 14.8 Å². The van der Waals surface area contributed by atoms with E-state index in [1.54, 1.807) is 15.9 Å². The van der Waals surface area contributed by atoms with Crippen molar-refractivity contribution < 1.29 is 9.59 Å². The number of hydrogen-bond donors (Lipinski definition) is 1. The van der Waals surface area contributed by atoms with Crippen LogP contribution in [0.1, 0.15) is 10.4 Å². The molecule has 1 saturated heterocycles. The SMILES string of the molecule is O=CN1CCN(C(=O)c2c[nH]c(=O)c(-c3ccccc3)c2)CC1.